The van der Waals surface area contributed by atoms with E-state index in [1.54, 1.807) is 59.5 Å². The van der Waals surface area contributed by atoms with E-state index >= 15 is 0 Å². The van der Waals surface area contributed by atoms with E-state index < -0.39 is 11.6 Å². The van der Waals surface area contributed by atoms with E-state index in [1.807, 2.05) is 6.07 Å². The van der Waals surface area contributed by atoms with Crippen molar-refractivity contribution in [1.82, 2.24) is 4.90 Å². The number of carboxylic acids is 1. The highest BCUT2D eigenvalue weighted by Crippen LogP contribution is 2.38. The van der Waals surface area contributed by atoms with Crippen LogP contribution in [0.15, 0.2) is 60.7 Å². The van der Waals surface area contributed by atoms with E-state index in [4.69, 9.17) is 51.1 Å². The van der Waals surface area contributed by atoms with Gasteiger partial charge in [0.05, 0.1) is 45.2 Å². The molecule has 1 amide bonds. The molecule has 3 aromatic carbocycles. The SMILES string of the molecule is O=C(O)c1ccccc1CCC1(c2ccc(Cl)c(Cl)c2)CN(C(=O)Cc2cccc(Cl)c2Cl)CCO1. The maximum absolute atomic E-state index is 13.3. The van der Waals surface area contributed by atoms with Crippen LogP contribution in [-0.2, 0) is 28.0 Å². The minimum absolute atomic E-state index is 0.0959. The van der Waals surface area contributed by atoms with Gasteiger partial charge in [0.25, 0.3) is 0 Å². The molecule has 1 saturated heterocycles. The lowest BCUT2D eigenvalue weighted by atomic mass is 9.85. The molecule has 0 radical (unpaired) electrons. The normalized spacial score (nSPS) is 17.7. The summed E-state index contributed by atoms with van der Waals surface area (Å²) in [6, 6.07) is 17.4. The van der Waals surface area contributed by atoms with Crippen molar-refractivity contribution >= 4 is 58.3 Å². The average molecular weight is 567 g/mol. The van der Waals surface area contributed by atoms with Crippen molar-refractivity contribution in [2.75, 3.05) is 19.7 Å². The molecule has 4 rings (SSSR count). The van der Waals surface area contributed by atoms with Gasteiger partial charge in [-0.15, -0.1) is 0 Å². The lowest BCUT2D eigenvalue weighted by Gasteiger charge is -2.43. The number of carbonyl (C=O) groups is 2. The van der Waals surface area contributed by atoms with Gasteiger partial charge in [0.2, 0.25) is 5.91 Å². The van der Waals surface area contributed by atoms with Crippen molar-refractivity contribution in [3.8, 4) is 0 Å². The quantitative estimate of drug-likeness (QED) is 0.337. The standard InChI is InChI=1S/C27H23Cl4NO4/c28-21-9-8-19(15-23(21)30)27(11-10-17-4-1-2-6-20(17)26(34)35)16-32(12-13-36-27)24(33)14-18-5-3-7-22(29)25(18)31/h1-9,15H,10-14,16H2,(H,34,35). The van der Waals surface area contributed by atoms with E-state index in [2.05, 4.69) is 0 Å². The zero-order valence-corrected chi connectivity index (χ0v) is 22.2. The van der Waals surface area contributed by atoms with Crippen molar-refractivity contribution in [2.45, 2.75) is 24.9 Å². The summed E-state index contributed by atoms with van der Waals surface area (Å²) in [5.41, 5.74) is 1.42. The van der Waals surface area contributed by atoms with E-state index in [0.717, 1.165) is 5.56 Å². The van der Waals surface area contributed by atoms with Gasteiger partial charge in [-0.1, -0.05) is 82.8 Å². The summed E-state index contributed by atoms with van der Waals surface area (Å²) in [6.45, 7) is 0.971. The van der Waals surface area contributed by atoms with Crippen LogP contribution >= 0.6 is 46.4 Å². The molecule has 9 heteroatoms. The molecule has 0 bridgehead atoms. The number of benzene rings is 3. The van der Waals surface area contributed by atoms with Gasteiger partial charge in [-0.2, -0.15) is 0 Å². The Morgan fingerprint density at radius 3 is 2.42 bits per heavy atom. The second kappa shape index (κ2) is 11.4. The van der Waals surface area contributed by atoms with Gasteiger partial charge in [-0.05, 0) is 53.8 Å². The zero-order chi connectivity index (χ0) is 25.9. The number of carbonyl (C=O) groups excluding carboxylic acids is 1. The highest BCUT2D eigenvalue weighted by atomic mass is 35.5. The molecule has 1 heterocycles. The first-order valence-corrected chi connectivity index (χ1v) is 12.8. The molecular formula is C27H23Cl4NO4. The molecule has 3 aromatic rings. The smallest absolute Gasteiger partial charge is 0.335 e. The number of hydrogen-bond acceptors (Lipinski definition) is 3. The van der Waals surface area contributed by atoms with Crippen LogP contribution in [0.1, 0.15) is 33.5 Å². The zero-order valence-electron chi connectivity index (χ0n) is 19.1. The van der Waals surface area contributed by atoms with E-state index in [-0.39, 0.29) is 24.4 Å². The topological polar surface area (TPSA) is 66.8 Å². The summed E-state index contributed by atoms with van der Waals surface area (Å²) in [6.07, 6.45) is 0.945. The van der Waals surface area contributed by atoms with Crippen LogP contribution in [0.5, 0.6) is 0 Å². The number of carboxylic acid groups (broad SMARTS) is 1. The molecule has 1 aliphatic rings. The molecule has 1 N–H and O–H groups in total. The predicted octanol–water partition coefficient (Wildman–Crippen LogP) is 6.93. The van der Waals surface area contributed by atoms with E-state index in [1.165, 1.54) is 0 Å². The van der Waals surface area contributed by atoms with E-state index in [9.17, 15) is 14.7 Å². The van der Waals surface area contributed by atoms with Crippen molar-refractivity contribution < 1.29 is 19.4 Å². The summed E-state index contributed by atoms with van der Waals surface area (Å²) >= 11 is 25.0. The van der Waals surface area contributed by atoms with Gasteiger partial charge in [0, 0.05) is 6.54 Å². The number of ether oxygens (including phenoxy) is 1. The van der Waals surface area contributed by atoms with Crippen molar-refractivity contribution in [3.05, 3.63) is 103 Å². The number of aromatic carboxylic acids is 1. The molecule has 188 valence electrons. The molecule has 0 spiro atoms. The highest BCUT2D eigenvalue weighted by Gasteiger charge is 2.40. The Bertz CT molecular complexity index is 1300. The molecule has 5 nitrogen and oxygen atoms in total. The highest BCUT2D eigenvalue weighted by molar-refractivity contribution is 6.42. The first-order chi connectivity index (χ1) is 17.2. The van der Waals surface area contributed by atoms with Crippen LogP contribution in [0.25, 0.3) is 0 Å². The number of amides is 1. The molecule has 0 aromatic heterocycles. The molecule has 36 heavy (non-hydrogen) atoms. The third-order valence-electron chi connectivity index (χ3n) is 6.40. The number of aryl methyl sites for hydroxylation is 1. The number of rotatable bonds is 7. The number of nitrogens with zero attached hydrogens (tertiary/aromatic N) is 1. The first kappa shape index (κ1) is 26.8. The van der Waals surface area contributed by atoms with Crippen LogP contribution in [0.2, 0.25) is 20.1 Å². The summed E-state index contributed by atoms with van der Waals surface area (Å²) in [4.78, 5) is 26.8. The van der Waals surface area contributed by atoms with Gasteiger partial charge in [-0.25, -0.2) is 4.79 Å². The fourth-order valence-corrected chi connectivity index (χ4v) is 5.18. The molecule has 0 aliphatic carbocycles. The van der Waals surface area contributed by atoms with Gasteiger partial charge in [0.1, 0.15) is 5.60 Å². The molecule has 1 atom stereocenters. The second-order valence-corrected chi connectivity index (χ2v) is 10.2. The maximum Gasteiger partial charge on any atom is 0.335 e. The van der Waals surface area contributed by atoms with Crippen LogP contribution < -0.4 is 0 Å². The molecule has 0 saturated carbocycles. The number of morpholine rings is 1. The van der Waals surface area contributed by atoms with Gasteiger partial charge >= 0.3 is 5.97 Å². The fourth-order valence-electron chi connectivity index (χ4n) is 4.49. The Labute approximate surface area is 229 Å². The van der Waals surface area contributed by atoms with Gasteiger partial charge in [-0.3, -0.25) is 4.79 Å². The third-order valence-corrected chi connectivity index (χ3v) is 8.00. The maximum atomic E-state index is 13.3. The average Bonchev–Trinajstić information content (AvgIpc) is 2.87. The minimum atomic E-state index is -0.992. The fraction of sp³-hybridized carbons (Fsp3) is 0.259. The summed E-state index contributed by atoms with van der Waals surface area (Å²) in [7, 11) is 0. The Morgan fingerprint density at radius 1 is 0.917 bits per heavy atom. The van der Waals surface area contributed by atoms with Gasteiger partial charge < -0.3 is 14.7 Å². The monoisotopic (exact) mass is 565 g/mol. The second-order valence-electron chi connectivity index (χ2n) is 8.64. The Morgan fingerprint density at radius 2 is 1.67 bits per heavy atom. The molecule has 1 unspecified atom stereocenters. The molecule has 1 aliphatic heterocycles. The Hall–Kier alpha value is -2.28. The number of halogens is 4. The summed E-state index contributed by atoms with van der Waals surface area (Å²) in [5.74, 6) is -1.10. The lowest BCUT2D eigenvalue weighted by molar-refractivity contribution is -0.153. The van der Waals surface area contributed by atoms with Crippen molar-refractivity contribution in [1.29, 1.82) is 0 Å². The van der Waals surface area contributed by atoms with Crippen LogP contribution in [0.3, 0.4) is 0 Å². The van der Waals surface area contributed by atoms with E-state index in [0.29, 0.717) is 57.2 Å². The third kappa shape index (κ3) is 5.82. The Balaban J connectivity index is 1.64. The van der Waals surface area contributed by atoms with Gasteiger partial charge in [0.15, 0.2) is 0 Å². The van der Waals surface area contributed by atoms with Crippen molar-refractivity contribution in [3.63, 3.8) is 0 Å². The minimum Gasteiger partial charge on any atom is -0.478 e. The number of hydrogen-bond donors (Lipinski definition) is 1. The van der Waals surface area contributed by atoms with Crippen LogP contribution in [0, 0.1) is 0 Å². The lowest BCUT2D eigenvalue weighted by Crippen LogP contribution is -2.52. The summed E-state index contributed by atoms with van der Waals surface area (Å²) in [5, 5.41) is 11.1. The molecular weight excluding hydrogens is 544 g/mol. The van der Waals surface area contributed by atoms with Crippen LogP contribution in [-0.4, -0.2) is 41.6 Å². The largest absolute Gasteiger partial charge is 0.478 e. The molecule has 1 fully saturated rings. The summed E-state index contributed by atoms with van der Waals surface area (Å²) < 4.78 is 6.35. The first-order valence-electron chi connectivity index (χ1n) is 11.3. The van der Waals surface area contributed by atoms with Crippen molar-refractivity contribution in [2.24, 2.45) is 0 Å². The van der Waals surface area contributed by atoms with Crippen LogP contribution in [0.4, 0.5) is 0 Å². The predicted molar refractivity (Wildman–Crippen MR) is 143 cm³/mol. The Kier molecular flexibility index (Phi) is 8.48.